The number of thiazole rings is 1. The molecule has 1 rings (SSSR count). The predicted octanol–water partition coefficient (Wildman–Crippen LogP) is -0.223. The molecule has 9 heteroatoms. The fraction of sp³-hybridized carbons (Fsp3) is 0.400. The van der Waals surface area contributed by atoms with Gasteiger partial charge < -0.3 is 21.1 Å². The fourth-order valence-corrected chi connectivity index (χ4v) is 1.83. The first-order chi connectivity index (χ1) is 9.02. The number of hydrogen-bond donors (Lipinski definition) is 4. The second-order valence-corrected chi connectivity index (χ2v) is 4.41. The Morgan fingerprint density at radius 2 is 2.11 bits per heavy atom. The van der Waals surface area contributed by atoms with Gasteiger partial charge in [0, 0.05) is 25.4 Å². The minimum Gasteiger partial charge on any atom is -0.476 e. The minimum atomic E-state index is -1.10. The number of rotatable bonds is 6. The van der Waals surface area contributed by atoms with Gasteiger partial charge in [-0.05, 0) is 0 Å². The smallest absolute Gasteiger partial charge is 0.355 e. The number of carboxylic acid groups (broad SMARTS) is 1. The highest BCUT2D eigenvalue weighted by Crippen LogP contribution is 2.08. The van der Waals surface area contributed by atoms with Crippen molar-refractivity contribution in [1.82, 2.24) is 20.9 Å². The van der Waals surface area contributed by atoms with Crippen LogP contribution in [0.1, 0.15) is 21.9 Å². The monoisotopic (exact) mass is 286 g/mol. The number of carbonyl (C=O) groups is 3. The standard InChI is InChI=1S/C10H14N4O4S/c1-11-7(15)2-3-12-10(18)13-4-8-14-6(5-19-8)9(16)17/h5H,2-4H2,1H3,(H,11,15)(H,16,17)(H2,12,13,18). The summed E-state index contributed by atoms with van der Waals surface area (Å²) in [4.78, 5) is 36.6. The van der Waals surface area contributed by atoms with Crippen LogP contribution in [0.4, 0.5) is 4.79 Å². The average molecular weight is 286 g/mol. The molecule has 0 spiro atoms. The molecular formula is C10H14N4O4S. The van der Waals surface area contributed by atoms with Crippen molar-refractivity contribution in [3.8, 4) is 0 Å². The molecular weight excluding hydrogens is 272 g/mol. The number of carboxylic acids is 1. The Balaban J connectivity index is 2.26. The first-order valence-electron chi connectivity index (χ1n) is 5.43. The Hall–Kier alpha value is -2.16. The Bertz CT molecular complexity index is 474. The van der Waals surface area contributed by atoms with Crippen LogP contribution < -0.4 is 16.0 Å². The quantitative estimate of drug-likeness (QED) is 0.576. The van der Waals surface area contributed by atoms with Crippen molar-refractivity contribution in [2.45, 2.75) is 13.0 Å². The van der Waals surface area contributed by atoms with Crippen LogP contribution in [0.3, 0.4) is 0 Å². The molecule has 4 N–H and O–H groups in total. The maximum Gasteiger partial charge on any atom is 0.355 e. The van der Waals surface area contributed by atoms with Gasteiger partial charge in [0.15, 0.2) is 5.69 Å². The summed E-state index contributed by atoms with van der Waals surface area (Å²) >= 11 is 1.15. The van der Waals surface area contributed by atoms with Crippen LogP contribution >= 0.6 is 11.3 Å². The van der Waals surface area contributed by atoms with Crippen molar-refractivity contribution in [3.63, 3.8) is 0 Å². The van der Waals surface area contributed by atoms with E-state index in [0.29, 0.717) is 5.01 Å². The topological polar surface area (TPSA) is 120 Å². The molecule has 0 unspecified atom stereocenters. The van der Waals surface area contributed by atoms with Crippen molar-refractivity contribution in [3.05, 3.63) is 16.1 Å². The Kier molecular flexibility index (Phi) is 5.73. The maximum absolute atomic E-state index is 11.3. The molecule has 19 heavy (non-hydrogen) atoms. The van der Waals surface area contributed by atoms with Gasteiger partial charge in [-0.3, -0.25) is 4.79 Å². The lowest BCUT2D eigenvalue weighted by Crippen LogP contribution is -2.37. The second kappa shape index (κ2) is 7.31. The molecule has 0 radical (unpaired) electrons. The number of aromatic nitrogens is 1. The van der Waals surface area contributed by atoms with Crippen LogP contribution in [0.25, 0.3) is 0 Å². The number of urea groups is 1. The molecule has 0 fully saturated rings. The highest BCUT2D eigenvalue weighted by atomic mass is 32.1. The van der Waals surface area contributed by atoms with Gasteiger partial charge in [-0.2, -0.15) is 0 Å². The van der Waals surface area contributed by atoms with E-state index in [9.17, 15) is 14.4 Å². The summed E-state index contributed by atoms with van der Waals surface area (Å²) in [6, 6.07) is -0.434. The van der Waals surface area contributed by atoms with Gasteiger partial charge in [0.1, 0.15) is 5.01 Å². The lowest BCUT2D eigenvalue weighted by molar-refractivity contribution is -0.120. The number of hydrogen-bond acceptors (Lipinski definition) is 5. The van der Waals surface area contributed by atoms with E-state index in [-0.39, 0.29) is 31.1 Å². The van der Waals surface area contributed by atoms with E-state index in [1.54, 1.807) is 0 Å². The van der Waals surface area contributed by atoms with Crippen LogP contribution in [0, 0.1) is 0 Å². The summed E-state index contributed by atoms with van der Waals surface area (Å²) < 4.78 is 0. The van der Waals surface area contributed by atoms with Crippen LogP contribution in [0.15, 0.2) is 5.38 Å². The lowest BCUT2D eigenvalue weighted by Gasteiger charge is -2.05. The van der Waals surface area contributed by atoms with Crippen LogP contribution in [0.5, 0.6) is 0 Å². The zero-order valence-electron chi connectivity index (χ0n) is 10.2. The van der Waals surface area contributed by atoms with Gasteiger partial charge in [0.05, 0.1) is 6.54 Å². The molecule has 0 aromatic carbocycles. The Morgan fingerprint density at radius 3 is 2.68 bits per heavy atom. The van der Waals surface area contributed by atoms with Crippen molar-refractivity contribution in [1.29, 1.82) is 0 Å². The molecule has 0 bridgehead atoms. The normalized spacial score (nSPS) is 9.74. The predicted molar refractivity (Wildman–Crippen MR) is 68.0 cm³/mol. The molecule has 1 aromatic rings. The molecule has 0 aliphatic rings. The van der Waals surface area contributed by atoms with Crippen LogP contribution in [-0.4, -0.2) is 41.6 Å². The first kappa shape index (κ1) is 14.9. The number of nitrogens with one attached hydrogen (secondary N) is 3. The maximum atomic E-state index is 11.3. The average Bonchev–Trinajstić information content (AvgIpc) is 2.85. The van der Waals surface area contributed by atoms with E-state index in [0.717, 1.165) is 11.3 Å². The SMILES string of the molecule is CNC(=O)CCNC(=O)NCc1nc(C(=O)O)cs1. The van der Waals surface area contributed by atoms with Crippen molar-refractivity contribution in [2.24, 2.45) is 0 Å². The molecule has 0 saturated heterocycles. The van der Waals surface area contributed by atoms with E-state index in [4.69, 9.17) is 5.11 Å². The Morgan fingerprint density at radius 1 is 1.37 bits per heavy atom. The molecule has 1 aromatic heterocycles. The number of amides is 3. The first-order valence-corrected chi connectivity index (χ1v) is 6.31. The van der Waals surface area contributed by atoms with Gasteiger partial charge in [-0.15, -0.1) is 11.3 Å². The zero-order chi connectivity index (χ0) is 14.3. The molecule has 104 valence electrons. The second-order valence-electron chi connectivity index (χ2n) is 3.46. The third-order valence-electron chi connectivity index (χ3n) is 2.09. The summed E-state index contributed by atoms with van der Waals surface area (Å²) in [5.41, 5.74) is -0.0400. The summed E-state index contributed by atoms with van der Waals surface area (Å²) in [5.74, 6) is -1.26. The number of carbonyl (C=O) groups excluding carboxylic acids is 2. The third kappa shape index (κ3) is 5.34. The van der Waals surface area contributed by atoms with Crippen molar-refractivity contribution in [2.75, 3.05) is 13.6 Å². The largest absolute Gasteiger partial charge is 0.476 e. The van der Waals surface area contributed by atoms with E-state index in [2.05, 4.69) is 20.9 Å². The summed E-state index contributed by atoms with van der Waals surface area (Å²) in [6.45, 7) is 0.369. The fourth-order valence-electron chi connectivity index (χ4n) is 1.12. The number of aromatic carboxylic acids is 1. The van der Waals surface area contributed by atoms with Crippen molar-refractivity contribution < 1.29 is 19.5 Å². The third-order valence-corrected chi connectivity index (χ3v) is 2.94. The van der Waals surface area contributed by atoms with Gasteiger partial charge in [-0.1, -0.05) is 0 Å². The van der Waals surface area contributed by atoms with E-state index < -0.39 is 12.0 Å². The zero-order valence-corrected chi connectivity index (χ0v) is 11.0. The molecule has 0 atom stereocenters. The summed E-state index contributed by atoms with van der Waals surface area (Å²) in [7, 11) is 1.52. The van der Waals surface area contributed by atoms with Crippen molar-refractivity contribution >= 4 is 29.2 Å². The summed E-state index contributed by atoms with van der Waals surface area (Å²) in [5, 5.41) is 18.0. The minimum absolute atomic E-state index is 0.0400. The van der Waals surface area contributed by atoms with Gasteiger partial charge >= 0.3 is 12.0 Å². The molecule has 0 aliphatic carbocycles. The lowest BCUT2D eigenvalue weighted by atomic mass is 10.4. The van der Waals surface area contributed by atoms with E-state index in [1.807, 2.05) is 0 Å². The van der Waals surface area contributed by atoms with E-state index in [1.165, 1.54) is 12.4 Å². The summed E-state index contributed by atoms with van der Waals surface area (Å²) in [6.07, 6.45) is 0.199. The molecule has 0 saturated carbocycles. The molecule has 8 nitrogen and oxygen atoms in total. The highest BCUT2D eigenvalue weighted by Gasteiger charge is 2.09. The van der Waals surface area contributed by atoms with Crippen LogP contribution in [-0.2, 0) is 11.3 Å². The van der Waals surface area contributed by atoms with Gasteiger partial charge in [0.25, 0.3) is 0 Å². The van der Waals surface area contributed by atoms with E-state index >= 15 is 0 Å². The van der Waals surface area contributed by atoms with Gasteiger partial charge in [-0.25, -0.2) is 14.6 Å². The number of nitrogens with zero attached hydrogens (tertiary/aromatic N) is 1. The van der Waals surface area contributed by atoms with Crippen LogP contribution in [0.2, 0.25) is 0 Å². The highest BCUT2D eigenvalue weighted by molar-refractivity contribution is 7.09. The Labute approximate surface area is 113 Å². The molecule has 3 amide bonds. The molecule has 0 aliphatic heterocycles. The molecule has 1 heterocycles. The van der Waals surface area contributed by atoms with Gasteiger partial charge in [0.2, 0.25) is 5.91 Å².